The molecule has 24 heavy (non-hydrogen) atoms. The van der Waals surface area contributed by atoms with Crippen LogP contribution in [0.3, 0.4) is 0 Å². The SMILES string of the molecule is Cn1cnc2cc(NS(=O)(=O)c3cccc4cccnc34)ccc21. The molecule has 1 N–H and O–H groups in total. The van der Waals surface area contributed by atoms with Gasteiger partial charge in [-0.3, -0.25) is 9.71 Å². The molecule has 2 aromatic heterocycles. The number of nitrogens with zero attached hydrogens (tertiary/aromatic N) is 3. The molecule has 0 radical (unpaired) electrons. The van der Waals surface area contributed by atoms with E-state index in [2.05, 4.69) is 14.7 Å². The number of nitrogens with one attached hydrogen (secondary N) is 1. The fourth-order valence-electron chi connectivity index (χ4n) is 2.70. The first-order chi connectivity index (χ1) is 11.5. The highest BCUT2D eigenvalue weighted by Crippen LogP contribution is 2.24. The Morgan fingerprint density at radius 3 is 2.75 bits per heavy atom. The average molecular weight is 338 g/mol. The Labute approximate surface area is 138 Å². The quantitative estimate of drug-likeness (QED) is 0.623. The van der Waals surface area contributed by atoms with E-state index >= 15 is 0 Å². The molecule has 0 saturated carbocycles. The standard InChI is InChI=1S/C17H14N4O2S/c1-21-11-19-14-10-13(7-8-15(14)21)20-24(22,23)16-6-2-4-12-5-3-9-18-17(12)16/h2-11,20H,1H3. The van der Waals surface area contributed by atoms with Gasteiger partial charge in [0.2, 0.25) is 0 Å². The number of aromatic nitrogens is 3. The molecule has 0 unspecified atom stereocenters. The molecule has 0 fully saturated rings. The third-order valence-corrected chi connectivity index (χ3v) is 5.28. The highest BCUT2D eigenvalue weighted by Gasteiger charge is 2.18. The van der Waals surface area contributed by atoms with E-state index in [-0.39, 0.29) is 4.90 Å². The summed E-state index contributed by atoms with van der Waals surface area (Å²) in [6.07, 6.45) is 3.28. The Hall–Kier alpha value is -2.93. The summed E-state index contributed by atoms with van der Waals surface area (Å²) in [6.45, 7) is 0. The van der Waals surface area contributed by atoms with Gasteiger partial charge < -0.3 is 4.57 Å². The van der Waals surface area contributed by atoms with Gasteiger partial charge in [0.1, 0.15) is 4.90 Å². The molecule has 2 aromatic carbocycles. The molecule has 0 amide bonds. The van der Waals surface area contributed by atoms with Crippen LogP contribution in [0.2, 0.25) is 0 Å². The average Bonchev–Trinajstić information content (AvgIpc) is 2.94. The number of hydrogen-bond acceptors (Lipinski definition) is 4. The van der Waals surface area contributed by atoms with Crippen molar-refractivity contribution in [3.8, 4) is 0 Å². The van der Waals surface area contributed by atoms with Crippen LogP contribution < -0.4 is 4.72 Å². The predicted octanol–water partition coefficient (Wildman–Crippen LogP) is 2.92. The van der Waals surface area contributed by atoms with Gasteiger partial charge in [-0.05, 0) is 30.3 Å². The lowest BCUT2D eigenvalue weighted by molar-refractivity contribution is 0.602. The van der Waals surface area contributed by atoms with Gasteiger partial charge in [0.15, 0.2) is 0 Å². The van der Waals surface area contributed by atoms with E-state index in [0.717, 1.165) is 16.4 Å². The van der Waals surface area contributed by atoms with E-state index in [1.165, 1.54) is 0 Å². The Kier molecular flexibility index (Phi) is 3.24. The van der Waals surface area contributed by atoms with E-state index in [1.807, 2.05) is 29.8 Å². The van der Waals surface area contributed by atoms with E-state index in [1.54, 1.807) is 42.9 Å². The second-order valence-electron chi connectivity index (χ2n) is 5.50. The zero-order chi connectivity index (χ0) is 16.7. The van der Waals surface area contributed by atoms with E-state index in [9.17, 15) is 8.42 Å². The zero-order valence-corrected chi connectivity index (χ0v) is 13.7. The first-order valence-corrected chi connectivity index (χ1v) is 8.80. The molecule has 0 aliphatic carbocycles. The van der Waals surface area contributed by atoms with Crippen LogP contribution in [-0.2, 0) is 17.1 Å². The molecule has 7 heteroatoms. The molecule has 120 valence electrons. The number of fused-ring (bicyclic) bond motifs is 2. The van der Waals surface area contributed by atoms with Crippen molar-refractivity contribution in [3.63, 3.8) is 0 Å². The van der Waals surface area contributed by atoms with Crippen LogP contribution >= 0.6 is 0 Å². The normalized spacial score (nSPS) is 11.9. The second-order valence-corrected chi connectivity index (χ2v) is 7.15. The van der Waals surface area contributed by atoms with Crippen molar-refractivity contribution in [2.45, 2.75) is 4.90 Å². The zero-order valence-electron chi connectivity index (χ0n) is 12.8. The minimum Gasteiger partial charge on any atom is -0.334 e. The fraction of sp³-hybridized carbons (Fsp3) is 0.0588. The monoisotopic (exact) mass is 338 g/mol. The molecule has 2 heterocycles. The maximum Gasteiger partial charge on any atom is 0.264 e. The highest BCUT2D eigenvalue weighted by atomic mass is 32.2. The number of sulfonamides is 1. The fourth-order valence-corrected chi connectivity index (χ4v) is 3.93. The molecule has 4 aromatic rings. The van der Waals surface area contributed by atoms with Crippen molar-refractivity contribution >= 4 is 37.6 Å². The van der Waals surface area contributed by atoms with Crippen LogP contribution in [0.25, 0.3) is 21.9 Å². The summed E-state index contributed by atoms with van der Waals surface area (Å²) in [6, 6.07) is 14.0. The minimum absolute atomic E-state index is 0.154. The van der Waals surface area contributed by atoms with Gasteiger partial charge in [-0.1, -0.05) is 18.2 Å². The lowest BCUT2D eigenvalue weighted by atomic mass is 10.2. The topological polar surface area (TPSA) is 76.9 Å². The van der Waals surface area contributed by atoms with E-state index < -0.39 is 10.0 Å². The number of hydrogen-bond donors (Lipinski definition) is 1. The van der Waals surface area contributed by atoms with Crippen molar-refractivity contribution in [1.82, 2.24) is 14.5 Å². The number of rotatable bonds is 3. The summed E-state index contributed by atoms with van der Waals surface area (Å²) >= 11 is 0. The van der Waals surface area contributed by atoms with Gasteiger partial charge in [-0.15, -0.1) is 0 Å². The summed E-state index contributed by atoms with van der Waals surface area (Å²) in [5.74, 6) is 0. The summed E-state index contributed by atoms with van der Waals surface area (Å²) in [5, 5.41) is 0.778. The van der Waals surface area contributed by atoms with Crippen molar-refractivity contribution in [2.75, 3.05) is 4.72 Å². The van der Waals surface area contributed by atoms with Gasteiger partial charge >= 0.3 is 0 Å². The van der Waals surface area contributed by atoms with Crippen LogP contribution in [0.5, 0.6) is 0 Å². The third kappa shape index (κ3) is 2.39. The smallest absolute Gasteiger partial charge is 0.264 e. The number of aryl methyl sites for hydroxylation is 1. The van der Waals surface area contributed by atoms with Crippen LogP contribution in [0.4, 0.5) is 5.69 Å². The first kappa shape index (κ1) is 14.6. The molecule has 0 spiro atoms. The molecule has 0 atom stereocenters. The number of benzene rings is 2. The Bertz CT molecular complexity index is 1160. The number of para-hydroxylation sites is 1. The van der Waals surface area contributed by atoms with Gasteiger partial charge in [0.25, 0.3) is 10.0 Å². The number of pyridine rings is 1. The maximum atomic E-state index is 12.8. The van der Waals surface area contributed by atoms with E-state index in [0.29, 0.717) is 11.2 Å². The lowest BCUT2D eigenvalue weighted by Gasteiger charge is -2.10. The molecule has 0 aliphatic heterocycles. The lowest BCUT2D eigenvalue weighted by Crippen LogP contribution is -2.13. The number of anilines is 1. The molecular formula is C17H14N4O2S. The minimum atomic E-state index is -3.75. The summed E-state index contributed by atoms with van der Waals surface area (Å²) in [5.41, 5.74) is 2.58. The molecule has 0 bridgehead atoms. The van der Waals surface area contributed by atoms with Crippen LogP contribution in [0.15, 0.2) is 66.0 Å². The molecule has 6 nitrogen and oxygen atoms in total. The van der Waals surface area contributed by atoms with Gasteiger partial charge in [-0.2, -0.15) is 0 Å². The van der Waals surface area contributed by atoms with Gasteiger partial charge in [-0.25, -0.2) is 13.4 Å². The van der Waals surface area contributed by atoms with E-state index in [4.69, 9.17) is 0 Å². The predicted molar refractivity (Wildman–Crippen MR) is 93.3 cm³/mol. The number of imidazole rings is 1. The molecule has 0 aliphatic rings. The van der Waals surface area contributed by atoms with Crippen LogP contribution in [0, 0.1) is 0 Å². The second kappa shape index (κ2) is 5.31. The summed E-state index contributed by atoms with van der Waals surface area (Å²) < 4.78 is 30.0. The third-order valence-electron chi connectivity index (χ3n) is 3.86. The summed E-state index contributed by atoms with van der Waals surface area (Å²) in [7, 11) is -1.86. The Balaban J connectivity index is 1.78. The van der Waals surface area contributed by atoms with Crippen molar-refractivity contribution in [2.24, 2.45) is 7.05 Å². The highest BCUT2D eigenvalue weighted by molar-refractivity contribution is 7.93. The van der Waals surface area contributed by atoms with Crippen molar-refractivity contribution in [1.29, 1.82) is 0 Å². The molecular weight excluding hydrogens is 324 g/mol. The van der Waals surface area contributed by atoms with Crippen LogP contribution in [0.1, 0.15) is 0 Å². The first-order valence-electron chi connectivity index (χ1n) is 7.32. The largest absolute Gasteiger partial charge is 0.334 e. The Morgan fingerprint density at radius 1 is 1.04 bits per heavy atom. The molecule has 0 saturated heterocycles. The van der Waals surface area contributed by atoms with Gasteiger partial charge in [0.05, 0.1) is 28.6 Å². The molecule has 4 rings (SSSR count). The maximum absolute atomic E-state index is 12.8. The van der Waals surface area contributed by atoms with Gasteiger partial charge in [0, 0.05) is 18.6 Å². The Morgan fingerprint density at radius 2 is 1.88 bits per heavy atom. The van der Waals surface area contributed by atoms with Crippen molar-refractivity contribution < 1.29 is 8.42 Å². The summed E-state index contributed by atoms with van der Waals surface area (Å²) in [4.78, 5) is 8.61. The van der Waals surface area contributed by atoms with Crippen molar-refractivity contribution in [3.05, 3.63) is 61.1 Å². The van der Waals surface area contributed by atoms with Crippen LogP contribution in [-0.4, -0.2) is 23.0 Å².